The maximum absolute atomic E-state index is 11.6. The van der Waals surface area contributed by atoms with Gasteiger partial charge in [-0.2, -0.15) is 0 Å². The van der Waals surface area contributed by atoms with Gasteiger partial charge in [0.05, 0.1) is 4.75 Å². The number of hydrogen-bond acceptors (Lipinski definition) is 3. The number of halogens is 1. The van der Waals surface area contributed by atoms with Gasteiger partial charge in [-0.05, 0) is 26.7 Å². The lowest BCUT2D eigenvalue weighted by atomic mass is 10.2. The van der Waals surface area contributed by atoms with Crippen LogP contribution in [0.2, 0.25) is 0 Å². The van der Waals surface area contributed by atoms with Crippen LogP contribution in [-0.4, -0.2) is 57.5 Å². The number of nitrogens with one attached hydrogen (secondary N) is 1. The van der Waals surface area contributed by atoms with E-state index in [4.69, 9.17) is 0 Å². The van der Waals surface area contributed by atoms with Crippen molar-refractivity contribution >= 4 is 39.8 Å². The number of rotatable bonds is 7. The Bertz CT molecular complexity index is 419. The molecular formula is C13H28IN3O2S. The molecule has 5 nitrogen and oxygen atoms in total. The molecule has 0 aromatic heterocycles. The molecule has 0 saturated heterocycles. The van der Waals surface area contributed by atoms with E-state index in [1.54, 1.807) is 20.9 Å². The molecule has 7 heteroatoms. The molecule has 0 radical (unpaired) electrons. The Morgan fingerprint density at radius 2 is 2.00 bits per heavy atom. The Morgan fingerprint density at radius 1 is 1.45 bits per heavy atom. The minimum Gasteiger partial charge on any atom is -0.355 e. The fourth-order valence-electron chi connectivity index (χ4n) is 1.39. The molecule has 0 bridgehead atoms. The summed E-state index contributed by atoms with van der Waals surface area (Å²) in [5.41, 5.74) is 0. The van der Waals surface area contributed by atoms with Crippen molar-refractivity contribution in [2.45, 2.75) is 31.4 Å². The molecule has 20 heavy (non-hydrogen) atoms. The standard InChI is InChI=1S/C13H27N3O2S.HI/c1-7-8-9-10-16(5)12(14-4)15-11-13(2,3)19(6,17)18;/h7H,1,8-11H2,2-6H3,(H,14,15);1H. The highest BCUT2D eigenvalue weighted by atomic mass is 127. The van der Waals surface area contributed by atoms with Crippen LogP contribution >= 0.6 is 24.0 Å². The molecule has 0 aliphatic carbocycles. The van der Waals surface area contributed by atoms with E-state index in [1.807, 2.05) is 18.0 Å². The summed E-state index contributed by atoms with van der Waals surface area (Å²) in [6.07, 6.45) is 5.09. The van der Waals surface area contributed by atoms with Crippen LogP contribution in [0.1, 0.15) is 26.7 Å². The summed E-state index contributed by atoms with van der Waals surface area (Å²) in [6, 6.07) is 0. The first-order valence-corrected chi connectivity index (χ1v) is 8.27. The van der Waals surface area contributed by atoms with Gasteiger partial charge < -0.3 is 10.2 Å². The van der Waals surface area contributed by atoms with E-state index in [1.165, 1.54) is 6.26 Å². The number of nitrogens with zero attached hydrogens (tertiary/aromatic N) is 2. The van der Waals surface area contributed by atoms with E-state index in [0.717, 1.165) is 19.4 Å². The zero-order chi connectivity index (χ0) is 15.1. The second-order valence-electron chi connectivity index (χ2n) is 5.29. The largest absolute Gasteiger partial charge is 0.355 e. The van der Waals surface area contributed by atoms with Crippen LogP contribution in [-0.2, 0) is 9.84 Å². The predicted octanol–water partition coefficient (Wildman–Crippen LogP) is 1.90. The number of allylic oxidation sites excluding steroid dienone is 1. The molecular weight excluding hydrogens is 389 g/mol. The van der Waals surface area contributed by atoms with Gasteiger partial charge in [-0.15, -0.1) is 30.6 Å². The first-order chi connectivity index (χ1) is 8.65. The minimum atomic E-state index is -3.10. The van der Waals surface area contributed by atoms with E-state index in [-0.39, 0.29) is 24.0 Å². The number of aliphatic imine (C=N–C) groups is 1. The van der Waals surface area contributed by atoms with E-state index < -0.39 is 14.6 Å². The SMILES string of the molecule is C=CCCCN(C)C(=NC)NCC(C)(C)S(C)(=O)=O.I. The minimum absolute atomic E-state index is 0. The maximum Gasteiger partial charge on any atom is 0.193 e. The topological polar surface area (TPSA) is 61.8 Å². The van der Waals surface area contributed by atoms with Crippen LogP contribution < -0.4 is 5.32 Å². The number of unbranched alkanes of at least 4 members (excludes halogenated alkanes) is 1. The summed E-state index contributed by atoms with van der Waals surface area (Å²) >= 11 is 0. The molecule has 0 aliphatic rings. The van der Waals surface area contributed by atoms with Crippen molar-refractivity contribution in [1.82, 2.24) is 10.2 Å². The van der Waals surface area contributed by atoms with Gasteiger partial charge in [0.25, 0.3) is 0 Å². The van der Waals surface area contributed by atoms with Crippen LogP contribution in [0.4, 0.5) is 0 Å². The molecule has 0 aromatic carbocycles. The van der Waals surface area contributed by atoms with Gasteiger partial charge >= 0.3 is 0 Å². The molecule has 1 N–H and O–H groups in total. The van der Waals surface area contributed by atoms with Gasteiger partial charge in [0, 0.05) is 33.4 Å². The van der Waals surface area contributed by atoms with Crippen molar-refractivity contribution in [2.75, 3.05) is 33.4 Å². The van der Waals surface area contributed by atoms with Gasteiger partial charge in [-0.25, -0.2) is 8.42 Å². The summed E-state index contributed by atoms with van der Waals surface area (Å²) in [5.74, 6) is 0.709. The van der Waals surface area contributed by atoms with Gasteiger partial charge in [0.2, 0.25) is 0 Å². The van der Waals surface area contributed by atoms with Crippen molar-refractivity contribution in [1.29, 1.82) is 0 Å². The Hall–Kier alpha value is -0.310. The van der Waals surface area contributed by atoms with Crippen LogP contribution in [0.15, 0.2) is 17.6 Å². The van der Waals surface area contributed by atoms with Gasteiger partial charge in [-0.3, -0.25) is 4.99 Å². The van der Waals surface area contributed by atoms with Crippen LogP contribution in [0, 0.1) is 0 Å². The highest BCUT2D eigenvalue weighted by Crippen LogP contribution is 2.13. The molecule has 0 spiro atoms. The van der Waals surface area contributed by atoms with E-state index in [0.29, 0.717) is 12.5 Å². The monoisotopic (exact) mass is 417 g/mol. The zero-order valence-corrected chi connectivity index (χ0v) is 16.3. The van der Waals surface area contributed by atoms with Crippen LogP contribution in [0.25, 0.3) is 0 Å². The molecule has 0 rings (SSSR count). The average Bonchev–Trinajstić information content (AvgIpc) is 2.28. The number of sulfone groups is 1. The molecule has 0 amide bonds. The molecule has 120 valence electrons. The smallest absolute Gasteiger partial charge is 0.193 e. The van der Waals surface area contributed by atoms with Crippen LogP contribution in [0.5, 0.6) is 0 Å². The van der Waals surface area contributed by atoms with Gasteiger partial charge in [0.1, 0.15) is 0 Å². The zero-order valence-electron chi connectivity index (χ0n) is 13.1. The first kappa shape index (κ1) is 22.0. The lowest BCUT2D eigenvalue weighted by Gasteiger charge is -2.27. The lowest BCUT2D eigenvalue weighted by Crippen LogP contribution is -2.48. The summed E-state index contributed by atoms with van der Waals surface area (Å²) < 4.78 is 22.4. The maximum atomic E-state index is 11.6. The van der Waals surface area contributed by atoms with Gasteiger partial charge in [-0.1, -0.05) is 6.08 Å². The molecule has 0 unspecified atom stereocenters. The highest BCUT2D eigenvalue weighted by Gasteiger charge is 2.30. The molecule has 0 aromatic rings. The van der Waals surface area contributed by atoms with Crippen molar-refractivity contribution in [3.8, 4) is 0 Å². The molecule has 0 atom stereocenters. The van der Waals surface area contributed by atoms with E-state index >= 15 is 0 Å². The molecule has 0 heterocycles. The van der Waals surface area contributed by atoms with Crippen molar-refractivity contribution in [3.05, 3.63) is 12.7 Å². The molecule has 0 fully saturated rings. The average molecular weight is 417 g/mol. The fourth-order valence-corrected chi connectivity index (χ4v) is 1.72. The summed E-state index contributed by atoms with van der Waals surface area (Å²) in [7, 11) is 0.528. The van der Waals surface area contributed by atoms with Crippen molar-refractivity contribution < 1.29 is 8.42 Å². The first-order valence-electron chi connectivity index (χ1n) is 6.38. The fraction of sp³-hybridized carbons (Fsp3) is 0.769. The van der Waals surface area contributed by atoms with E-state index in [2.05, 4.69) is 16.9 Å². The Kier molecular flexibility index (Phi) is 10.5. The molecule has 0 aliphatic heterocycles. The van der Waals surface area contributed by atoms with Crippen molar-refractivity contribution in [3.63, 3.8) is 0 Å². The second-order valence-corrected chi connectivity index (χ2v) is 7.93. The Labute approximate surface area is 140 Å². The predicted molar refractivity (Wildman–Crippen MR) is 97.8 cm³/mol. The quantitative estimate of drug-likeness (QED) is 0.226. The summed E-state index contributed by atoms with van der Waals surface area (Å²) in [4.78, 5) is 6.15. The third-order valence-electron chi connectivity index (χ3n) is 3.15. The molecule has 0 saturated carbocycles. The van der Waals surface area contributed by atoms with Crippen molar-refractivity contribution in [2.24, 2.45) is 4.99 Å². The summed E-state index contributed by atoms with van der Waals surface area (Å²) in [5, 5.41) is 3.11. The lowest BCUT2D eigenvalue weighted by molar-refractivity contribution is 0.462. The third-order valence-corrected chi connectivity index (χ3v) is 5.30. The summed E-state index contributed by atoms with van der Waals surface area (Å²) in [6.45, 7) is 8.29. The van der Waals surface area contributed by atoms with E-state index in [9.17, 15) is 8.42 Å². The second kappa shape index (κ2) is 9.59. The third kappa shape index (κ3) is 7.47. The highest BCUT2D eigenvalue weighted by molar-refractivity contribution is 14.0. The Morgan fingerprint density at radius 3 is 2.40 bits per heavy atom. The number of guanidine groups is 1. The van der Waals surface area contributed by atoms with Crippen LogP contribution in [0.3, 0.4) is 0 Å². The van der Waals surface area contributed by atoms with Gasteiger partial charge in [0.15, 0.2) is 15.8 Å². The normalized spacial score (nSPS) is 12.6. The number of hydrogen-bond donors (Lipinski definition) is 1. The Balaban J connectivity index is 0.